The molecule has 314 valence electrons. The van der Waals surface area contributed by atoms with Crippen LogP contribution in [0.1, 0.15) is 44.5 Å². The van der Waals surface area contributed by atoms with Gasteiger partial charge in [-0.25, -0.2) is 0 Å². The number of hydrogen-bond donors (Lipinski definition) is 0. The molecule has 11 aromatic rings. The van der Waals surface area contributed by atoms with Gasteiger partial charge in [-0.2, -0.15) is 0 Å². The average Bonchev–Trinajstić information content (AvgIpc) is 4.11. The molecule has 0 amide bonds. The molecule has 1 aromatic heterocycles. The highest BCUT2D eigenvalue weighted by Gasteiger charge is 2.47. The van der Waals surface area contributed by atoms with Gasteiger partial charge in [-0.3, -0.25) is 0 Å². The van der Waals surface area contributed by atoms with Gasteiger partial charge in [0.1, 0.15) is 0 Å². The van der Waals surface area contributed by atoms with Crippen LogP contribution >= 0.6 is 11.3 Å². The summed E-state index contributed by atoms with van der Waals surface area (Å²) in [5, 5.41) is 0. The highest BCUT2D eigenvalue weighted by Crippen LogP contribution is 2.58. The number of rotatable bonds is 8. The molecule has 0 nitrogen and oxygen atoms in total. The van der Waals surface area contributed by atoms with Crippen molar-refractivity contribution in [1.29, 1.82) is 0 Å². The topological polar surface area (TPSA) is 0 Å². The minimum atomic E-state index is -0.416. The highest BCUT2D eigenvalue weighted by molar-refractivity contribution is 7.18. The zero-order valence-electron chi connectivity index (χ0n) is 36.8. The van der Waals surface area contributed by atoms with Crippen LogP contribution in [0.15, 0.2) is 267 Å². The average molecular weight is 869 g/mol. The van der Waals surface area contributed by atoms with Gasteiger partial charge in [0.25, 0.3) is 0 Å². The largest absolute Gasteiger partial charge is 0.135 e. The molecule has 1 heteroatoms. The summed E-state index contributed by atoms with van der Waals surface area (Å²) in [5.41, 5.74) is 22.2. The monoisotopic (exact) mass is 868 g/mol. The zero-order valence-corrected chi connectivity index (χ0v) is 37.6. The molecule has 0 saturated carbocycles. The van der Waals surface area contributed by atoms with E-state index in [2.05, 4.69) is 267 Å². The van der Waals surface area contributed by atoms with Crippen LogP contribution in [0.4, 0.5) is 0 Å². The Morgan fingerprint density at radius 3 is 0.851 bits per heavy atom. The maximum atomic E-state index is 2.45. The predicted molar refractivity (Wildman–Crippen MR) is 281 cm³/mol. The third-order valence-electron chi connectivity index (χ3n) is 14.5. The molecule has 2 aliphatic rings. The Bertz CT molecular complexity index is 3270. The van der Waals surface area contributed by atoms with Gasteiger partial charge in [-0.15, -0.1) is 11.3 Å². The third-order valence-corrected chi connectivity index (χ3v) is 15.7. The Kier molecular flexibility index (Phi) is 9.27. The van der Waals surface area contributed by atoms with Gasteiger partial charge in [-0.1, -0.05) is 243 Å². The van der Waals surface area contributed by atoms with E-state index in [0.717, 1.165) is 0 Å². The molecule has 0 aliphatic heterocycles. The van der Waals surface area contributed by atoms with Crippen LogP contribution in [0.5, 0.6) is 0 Å². The van der Waals surface area contributed by atoms with Crippen LogP contribution in [0.25, 0.3) is 65.4 Å². The highest BCUT2D eigenvalue weighted by atomic mass is 32.1. The molecule has 67 heavy (non-hydrogen) atoms. The SMILES string of the molecule is c1ccc(C2(c3ccccc3)c3ccccc3-c3ccc(-c4ccc(-c5ccc(-c6ccc(-c7ccc8c(c7)C(c7ccccc7)(c7ccccc7)c7ccccc7-8)cc6)s5)cc4)cc32)cc1. The molecule has 13 rings (SSSR count). The fraction of sp³-hybridized carbons (Fsp3) is 0.0303. The van der Waals surface area contributed by atoms with Crippen molar-refractivity contribution >= 4 is 11.3 Å². The summed E-state index contributed by atoms with van der Waals surface area (Å²) < 4.78 is 0. The first-order valence-corrected chi connectivity index (χ1v) is 24.1. The molecule has 0 fully saturated rings. The number of fused-ring (bicyclic) bond motifs is 6. The Labute approximate surface area is 396 Å². The van der Waals surface area contributed by atoms with Crippen molar-refractivity contribution in [3.8, 4) is 65.4 Å². The van der Waals surface area contributed by atoms with Crippen LogP contribution in [-0.2, 0) is 10.8 Å². The minimum Gasteiger partial charge on any atom is -0.135 e. The summed E-state index contributed by atoms with van der Waals surface area (Å²) in [6.45, 7) is 0. The normalized spacial score (nSPS) is 13.6. The minimum absolute atomic E-state index is 0.416. The van der Waals surface area contributed by atoms with Crippen molar-refractivity contribution in [1.82, 2.24) is 0 Å². The number of benzene rings is 10. The lowest BCUT2D eigenvalue weighted by Gasteiger charge is -2.34. The lowest BCUT2D eigenvalue weighted by Crippen LogP contribution is -2.28. The molecule has 10 aromatic carbocycles. The van der Waals surface area contributed by atoms with E-state index in [1.54, 1.807) is 0 Å². The predicted octanol–water partition coefficient (Wildman–Crippen LogP) is 17.1. The maximum Gasteiger partial charge on any atom is 0.0713 e. The summed E-state index contributed by atoms with van der Waals surface area (Å²) in [5.74, 6) is 0. The first-order chi connectivity index (χ1) is 33.2. The molecule has 0 N–H and O–H groups in total. The second-order valence-electron chi connectivity index (χ2n) is 17.9. The molecule has 0 radical (unpaired) electrons. The zero-order chi connectivity index (χ0) is 44.4. The van der Waals surface area contributed by atoms with E-state index in [9.17, 15) is 0 Å². The Balaban J connectivity index is 0.810. The van der Waals surface area contributed by atoms with Crippen molar-refractivity contribution in [2.24, 2.45) is 0 Å². The summed E-state index contributed by atoms with van der Waals surface area (Å²) >= 11 is 1.85. The summed E-state index contributed by atoms with van der Waals surface area (Å²) in [7, 11) is 0. The second kappa shape index (κ2) is 15.8. The standard InChI is InChI=1S/C66H44S/c1-5-17-51(18-6-1)65(52-19-7-2-8-20-52)59-27-15-13-25-55(59)57-39-37-49(43-61(57)65)45-29-33-47(34-30-45)63-41-42-64(67-63)48-35-31-46(32-36-48)50-38-40-58-56-26-14-16-28-60(56)66(62(58)44-50,53-21-9-3-10-22-53)54-23-11-4-12-24-54/h1-44H. The van der Waals surface area contributed by atoms with Gasteiger partial charge in [0.2, 0.25) is 0 Å². The quantitative estimate of drug-likeness (QED) is 0.143. The molecule has 2 aliphatic carbocycles. The van der Waals surface area contributed by atoms with Crippen molar-refractivity contribution < 1.29 is 0 Å². The summed E-state index contributed by atoms with van der Waals surface area (Å²) in [6, 6.07) is 99.1. The van der Waals surface area contributed by atoms with Gasteiger partial charge < -0.3 is 0 Å². The lowest BCUT2D eigenvalue weighted by molar-refractivity contribution is 0.769. The van der Waals surface area contributed by atoms with Crippen LogP contribution in [0.2, 0.25) is 0 Å². The van der Waals surface area contributed by atoms with Gasteiger partial charge in [0.15, 0.2) is 0 Å². The molecule has 1 heterocycles. The van der Waals surface area contributed by atoms with E-state index in [-0.39, 0.29) is 0 Å². The number of thiophene rings is 1. The molecule has 0 atom stereocenters. The second-order valence-corrected chi connectivity index (χ2v) is 19.0. The van der Waals surface area contributed by atoms with Crippen LogP contribution < -0.4 is 0 Å². The molecular weight excluding hydrogens is 825 g/mol. The smallest absolute Gasteiger partial charge is 0.0713 e. The van der Waals surface area contributed by atoms with Gasteiger partial charge in [0, 0.05) is 9.75 Å². The van der Waals surface area contributed by atoms with E-state index in [1.807, 2.05) is 11.3 Å². The third kappa shape index (κ3) is 6.05. The molecule has 0 unspecified atom stereocenters. The first kappa shape index (κ1) is 39.3. The Morgan fingerprint density at radius 1 is 0.209 bits per heavy atom. The van der Waals surface area contributed by atoms with Crippen molar-refractivity contribution in [2.75, 3.05) is 0 Å². The summed E-state index contributed by atoms with van der Waals surface area (Å²) in [4.78, 5) is 2.53. The van der Waals surface area contributed by atoms with Crippen molar-refractivity contribution in [2.45, 2.75) is 10.8 Å². The summed E-state index contributed by atoms with van der Waals surface area (Å²) in [6.07, 6.45) is 0. The Morgan fingerprint density at radius 2 is 0.493 bits per heavy atom. The van der Waals surface area contributed by atoms with Crippen LogP contribution in [0.3, 0.4) is 0 Å². The van der Waals surface area contributed by atoms with E-state index >= 15 is 0 Å². The first-order valence-electron chi connectivity index (χ1n) is 23.2. The van der Waals surface area contributed by atoms with E-state index in [1.165, 1.54) is 110 Å². The van der Waals surface area contributed by atoms with Crippen molar-refractivity contribution in [3.05, 3.63) is 311 Å². The van der Waals surface area contributed by atoms with Crippen LogP contribution in [0, 0.1) is 0 Å². The molecular formula is C66H44S. The molecule has 0 saturated heterocycles. The lowest BCUT2D eigenvalue weighted by atomic mass is 9.67. The Hall–Kier alpha value is -8.10. The van der Waals surface area contributed by atoms with Gasteiger partial charge >= 0.3 is 0 Å². The molecule has 0 bridgehead atoms. The fourth-order valence-corrected chi connectivity index (χ4v) is 12.6. The fourth-order valence-electron chi connectivity index (χ4n) is 11.6. The van der Waals surface area contributed by atoms with Crippen LogP contribution in [-0.4, -0.2) is 0 Å². The van der Waals surface area contributed by atoms with E-state index < -0.39 is 10.8 Å². The molecule has 0 spiro atoms. The maximum absolute atomic E-state index is 2.45. The number of hydrogen-bond acceptors (Lipinski definition) is 1. The van der Waals surface area contributed by atoms with Gasteiger partial charge in [-0.05, 0) is 124 Å². The van der Waals surface area contributed by atoms with E-state index in [0.29, 0.717) is 0 Å². The van der Waals surface area contributed by atoms with Gasteiger partial charge in [0.05, 0.1) is 10.8 Å². The van der Waals surface area contributed by atoms with E-state index in [4.69, 9.17) is 0 Å². The van der Waals surface area contributed by atoms with Crippen molar-refractivity contribution in [3.63, 3.8) is 0 Å².